The molecule has 1 amide bonds. The summed E-state index contributed by atoms with van der Waals surface area (Å²) >= 11 is 6.03. The summed E-state index contributed by atoms with van der Waals surface area (Å²) in [6.45, 7) is 4.48. The highest BCUT2D eigenvalue weighted by Crippen LogP contribution is 2.42. The third-order valence-electron chi connectivity index (χ3n) is 7.33. The number of pyridine rings is 1. The minimum atomic E-state index is -3.50. The number of anilines is 1. The van der Waals surface area contributed by atoms with Crippen molar-refractivity contribution in [2.24, 2.45) is 5.41 Å². The van der Waals surface area contributed by atoms with Gasteiger partial charge >= 0.3 is 0 Å². The van der Waals surface area contributed by atoms with Crippen LogP contribution in [-0.4, -0.2) is 56.1 Å². The highest BCUT2D eigenvalue weighted by Gasteiger charge is 2.48. The summed E-state index contributed by atoms with van der Waals surface area (Å²) in [7, 11) is -3.50. The molecule has 2 saturated heterocycles. The average Bonchev–Trinajstić information content (AvgIpc) is 3.12. The second kappa shape index (κ2) is 8.86. The molecular formula is C26H28ClN3O3S. The van der Waals surface area contributed by atoms with Crippen molar-refractivity contribution in [1.82, 2.24) is 9.88 Å². The molecule has 6 nitrogen and oxygen atoms in total. The number of aryl methyl sites for hydroxylation is 1. The Labute approximate surface area is 205 Å². The summed E-state index contributed by atoms with van der Waals surface area (Å²) in [5.41, 5.74) is 1.77. The van der Waals surface area contributed by atoms with E-state index in [1.54, 1.807) is 29.2 Å². The van der Waals surface area contributed by atoms with Gasteiger partial charge in [0.1, 0.15) is 0 Å². The SMILES string of the molecule is Cc1cc(N2CCC3(CCN(CCS(=O)(=O)c4ccc5cc(Cl)ccc5c4)C3=O)CC2)ccn1. The first kappa shape index (κ1) is 23.1. The summed E-state index contributed by atoms with van der Waals surface area (Å²) in [4.78, 5) is 21.9. The van der Waals surface area contributed by atoms with Crippen LogP contribution in [0.3, 0.4) is 0 Å². The maximum absolute atomic E-state index is 13.3. The van der Waals surface area contributed by atoms with Crippen molar-refractivity contribution in [3.8, 4) is 0 Å². The predicted molar refractivity (Wildman–Crippen MR) is 135 cm³/mol. The molecule has 34 heavy (non-hydrogen) atoms. The molecule has 0 aliphatic carbocycles. The van der Waals surface area contributed by atoms with Gasteiger partial charge in [0.25, 0.3) is 0 Å². The molecule has 2 fully saturated rings. The molecule has 5 rings (SSSR count). The smallest absolute Gasteiger partial charge is 0.229 e. The third-order valence-corrected chi connectivity index (χ3v) is 9.26. The molecule has 2 aliphatic rings. The fourth-order valence-corrected chi connectivity index (χ4v) is 6.69. The van der Waals surface area contributed by atoms with Gasteiger partial charge in [-0.15, -0.1) is 0 Å². The highest BCUT2D eigenvalue weighted by atomic mass is 35.5. The molecule has 0 N–H and O–H groups in total. The van der Waals surface area contributed by atoms with Crippen molar-refractivity contribution in [2.45, 2.75) is 31.1 Å². The second-order valence-electron chi connectivity index (χ2n) is 9.44. The molecule has 8 heteroatoms. The largest absolute Gasteiger partial charge is 0.371 e. The van der Waals surface area contributed by atoms with E-state index in [2.05, 4.69) is 16.0 Å². The second-order valence-corrected chi connectivity index (χ2v) is 12.0. The zero-order valence-electron chi connectivity index (χ0n) is 19.2. The van der Waals surface area contributed by atoms with Crippen molar-refractivity contribution in [3.63, 3.8) is 0 Å². The maximum Gasteiger partial charge on any atom is 0.229 e. The number of fused-ring (bicyclic) bond motifs is 1. The van der Waals surface area contributed by atoms with Crippen LogP contribution >= 0.6 is 11.6 Å². The number of rotatable bonds is 5. The van der Waals surface area contributed by atoms with Crippen molar-refractivity contribution in [2.75, 3.05) is 36.8 Å². The number of likely N-dealkylation sites (tertiary alicyclic amines) is 1. The first-order valence-corrected chi connectivity index (χ1v) is 13.7. The van der Waals surface area contributed by atoms with Gasteiger partial charge < -0.3 is 9.80 Å². The topological polar surface area (TPSA) is 70.6 Å². The number of nitrogens with zero attached hydrogens (tertiary/aromatic N) is 3. The fourth-order valence-electron chi connectivity index (χ4n) is 5.23. The number of hydrogen-bond donors (Lipinski definition) is 0. The molecule has 0 atom stereocenters. The summed E-state index contributed by atoms with van der Waals surface area (Å²) in [5.74, 6) is 0.0393. The van der Waals surface area contributed by atoms with Crippen molar-refractivity contribution < 1.29 is 13.2 Å². The minimum absolute atomic E-state index is 0.0731. The number of aromatic nitrogens is 1. The van der Waals surface area contributed by atoms with Crippen molar-refractivity contribution >= 4 is 43.8 Å². The first-order chi connectivity index (χ1) is 16.3. The van der Waals surface area contributed by atoms with Crippen LogP contribution < -0.4 is 4.90 Å². The molecule has 0 saturated carbocycles. The van der Waals surface area contributed by atoms with Crippen LogP contribution in [0.5, 0.6) is 0 Å². The summed E-state index contributed by atoms with van der Waals surface area (Å²) in [6, 6.07) is 14.6. The van der Waals surface area contributed by atoms with Crippen LogP contribution in [0, 0.1) is 12.3 Å². The summed E-state index contributed by atoms with van der Waals surface area (Å²) in [6.07, 6.45) is 4.21. The molecule has 178 valence electrons. The van der Waals surface area contributed by atoms with Crippen LogP contribution in [0.1, 0.15) is 25.0 Å². The van der Waals surface area contributed by atoms with Gasteiger partial charge in [0, 0.05) is 48.8 Å². The molecule has 1 spiro atoms. The van der Waals surface area contributed by atoms with Gasteiger partial charge in [-0.25, -0.2) is 8.42 Å². The number of benzene rings is 2. The van der Waals surface area contributed by atoms with Gasteiger partial charge in [-0.2, -0.15) is 0 Å². The molecule has 3 heterocycles. The van der Waals surface area contributed by atoms with Crippen LogP contribution in [-0.2, 0) is 14.6 Å². The normalized spacial score (nSPS) is 18.2. The lowest BCUT2D eigenvalue weighted by molar-refractivity contribution is -0.136. The monoisotopic (exact) mass is 497 g/mol. The summed E-state index contributed by atoms with van der Waals surface area (Å²) < 4.78 is 26.1. The van der Waals surface area contributed by atoms with Crippen LogP contribution in [0.4, 0.5) is 5.69 Å². The van der Waals surface area contributed by atoms with Gasteiger partial charge in [-0.05, 0) is 73.4 Å². The van der Waals surface area contributed by atoms with E-state index in [9.17, 15) is 13.2 Å². The lowest BCUT2D eigenvalue weighted by Gasteiger charge is -2.39. The van der Waals surface area contributed by atoms with E-state index in [0.717, 1.165) is 54.5 Å². The minimum Gasteiger partial charge on any atom is -0.371 e. The highest BCUT2D eigenvalue weighted by molar-refractivity contribution is 7.91. The number of sulfone groups is 1. The van der Waals surface area contributed by atoms with Gasteiger partial charge in [-0.1, -0.05) is 23.7 Å². The molecular weight excluding hydrogens is 470 g/mol. The van der Waals surface area contributed by atoms with Gasteiger partial charge in [-0.3, -0.25) is 9.78 Å². The lowest BCUT2D eigenvalue weighted by Crippen LogP contribution is -2.45. The average molecular weight is 498 g/mol. The van der Waals surface area contributed by atoms with E-state index in [0.29, 0.717) is 11.6 Å². The Hall–Kier alpha value is -2.64. The van der Waals surface area contributed by atoms with Crippen LogP contribution in [0.2, 0.25) is 5.02 Å². The Morgan fingerprint density at radius 2 is 1.68 bits per heavy atom. The van der Waals surface area contributed by atoms with Crippen molar-refractivity contribution in [1.29, 1.82) is 0 Å². The van der Waals surface area contributed by atoms with Crippen molar-refractivity contribution in [3.05, 3.63) is 65.4 Å². The summed E-state index contributed by atoms with van der Waals surface area (Å²) in [5, 5.41) is 2.35. The lowest BCUT2D eigenvalue weighted by atomic mass is 9.77. The molecule has 3 aromatic rings. The standard InChI is InChI=1S/C26H28ClN3O3S/c1-19-16-23(6-10-28-19)29-11-7-26(8-12-29)9-13-30(25(26)31)14-15-34(32,33)24-5-3-20-17-22(27)4-2-21(20)18-24/h2-6,10,16-18H,7-9,11-15H2,1H3. The number of carbonyl (C=O) groups is 1. The number of piperidine rings is 1. The zero-order valence-corrected chi connectivity index (χ0v) is 20.8. The maximum atomic E-state index is 13.3. The van der Waals surface area contributed by atoms with Crippen LogP contribution in [0.25, 0.3) is 10.8 Å². The molecule has 2 aromatic carbocycles. The number of amides is 1. The Morgan fingerprint density at radius 3 is 2.44 bits per heavy atom. The Balaban J connectivity index is 1.22. The molecule has 0 radical (unpaired) electrons. The molecule has 0 bridgehead atoms. The van der Waals surface area contributed by atoms with E-state index in [4.69, 9.17) is 11.6 Å². The van der Waals surface area contributed by atoms with Gasteiger partial charge in [0.15, 0.2) is 9.84 Å². The quantitative estimate of drug-likeness (QED) is 0.519. The van der Waals surface area contributed by atoms with Gasteiger partial charge in [0.2, 0.25) is 5.91 Å². The van der Waals surface area contributed by atoms with E-state index in [-0.39, 0.29) is 28.5 Å². The van der Waals surface area contributed by atoms with E-state index in [1.165, 1.54) is 0 Å². The predicted octanol–water partition coefficient (Wildman–Crippen LogP) is 4.49. The Bertz CT molecular complexity index is 1350. The van der Waals surface area contributed by atoms with Crippen LogP contribution in [0.15, 0.2) is 59.6 Å². The number of halogens is 1. The number of carbonyl (C=O) groups excluding carboxylic acids is 1. The third kappa shape index (κ3) is 4.39. The van der Waals surface area contributed by atoms with E-state index < -0.39 is 9.84 Å². The van der Waals surface area contributed by atoms with E-state index >= 15 is 0 Å². The Morgan fingerprint density at radius 1 is 0.971 bits per heavy atom. The Kier molecular flexibility index (Phi) is 6.02. The number of hydrogen-bond acceptors (Lipinski definition) is 5. The van der Waals surface area contributed by atoms with E-state index in [1.807, 2.05) is 31.3 Å². The van der Waals surface area contributed by atoms with Gasteiger partial charge in [0.05, 0.1) is 16.1 Å². The fraction of sp³-hybridized carbons (Fsp3) is 0.385. The molecule has 2 aliphatic heterocycles. The zero-order chi connectivity index (χ0) is 23.9. The molecule has 0 unspecified atom stereocenters. The molecule has 1 aromatic heterocycles. The first-order valence-electron chi connectivity index (χ1n) is 11.6.